The molecule has 0 bridgehead atoms. The standard InChI is InChI=1S/C20H19FN4OS/c1-3-22-20(27)24-23-12-16-13(2)18(25-11-5-4-6-17(16)25)19(26)14-7-9-15(21)10-8-14/h4-12H,3H2,1-2H3,(H2,22,24,27)/b23-12+. The summed E-state index contributed by atoms with van der Waals surface area (Å²) in [5.41, 5.74) is 6.15. The minimum atomic E-state index is -0.376. The topological polar surface area (TPSA) is 57.9 Å². The number of pyridine rings is 1. The van der Waals surface area contributed by atoms with Crippen LogP contribution in [0.3, 0.4) is 0 Å². The summed E-state index contributed by atoms with van der Waals surface area (Å²) < 4.78 is 15.0. The number of carbonyl (C=O) groups excluding carboxylic acids is 1. The summed E-state index contributed by atoms with van der Waals surface area (Å²) in [6.45, 7) is 4.51. The van der Waals surface area contributed by atoms with E-state index in [-0.39, 0.29) is 11.6 Å². The molecular weight excluding hydrogens is 363 g/mol. The lowest BCUT2D eigenvalue weighted by Crippen LogP contribution is -2.31. The van der Waals surface area contributed by atoms with Gasteiger partial charge in [-0.3, -0.25) is 10.2 Å². The number of nitrogens with zero attached hydrogens (tertiary/aromatic N) is 2. The molecule has 3 rings (SSSR count). The van der Waals surface area contributed by atoms with E-state index >= 15 is 0 Å². The van der Waals surface area contributed by atoms with E-state index in [0.717, 1.165) is 16.6 Å². The summed E-state index contributed by atoms with van der Waals surface area (Å²) in [4.78, 5) is 13.0. The molecule has 7 heteroatoms. The third-order valence-electron chi connectivity index (χ3n) is 4.15. The molecule has 0 aliphatic carbocycles. The molecule has 2 heterocycles. The molecule has 0 aliphatic rings. The maximum Gasteiger partial charge on any atom is 0.210 e. The first-order valence-electron chi connectivity index (χ1n) is 8.49. The normalized spacial score (nSPS) is 11.1. The largest absolute Gasteiger partial charge is 0.362 e. The number of halogens is 1. The van der Waals surface area contributed by atoms with E-state index in [2.05, 4.69) is 15.8 Å². The molecule has 0 atom stereocenters. The number of fused-ring (bicyclic) bond motifs is 1. The molecule has 0 aliphatic heterocycles. The monoisotopic (exact) mass is 382 g/mol. The third kappa shape index (κ3) is 3.88. The zero-order chi connectivity index (χ0) is 19.4. The Balaban J connectivity index is 2.03. The molecule has 0 amide bonds. The molecule has 1 aromatic carbocycles. The number of benzene rings is 1. The lowest BCUT2D eigenvalue weighted by Gasteiger charge is -2.04. The van der Waals surface area contributed by atoms with Gasteiger partial charge in [0.15, 0.2) is 5.11 Å². The van der Waals surface area contributed by atoms with E-state index in [9.17, 15) is 9.18 Å². The number of hydrogen-bond donors (Lipinski definition) is 2. The molecule has 0 radical (unpaired) electrons. The van der Waals surface area contributed by atoms with Crippen LogP contribution >= 0.6 is 12.2 Å². The van der Waals surface area contributed by atoms with Crippen molar-refractivity contribution in [1.82, 2.24) is 15.1 Å². The van der Waals surface area contributed by atoms with E-state index < -0.39 is 0 Å². The predicted molar refractivity (Wildman–Crippen MR) is 109 cm³/mol. The number of carbonyl (C=O) groups is 1. The molecule has 0 saturated heterocycles. The second-order valence-electron chi connectivity index (χ2n) is 5.91. The molecule has 0 spiro atoms. The van der Waals surface area contributed by atoms with Crippen molar-refractivity contribution in [2.75, 3.05) is 6.54 Å². The number of nitrogens with one attached hydrogen (secondary N) is 2. The van der Waals surface area contributed by atoms with Crippen LogP contribution in [0.1, 0.15) is 34.1 Å². The van der Waals surface area contributed by atoms with Gasteiger partial charge in [0.1, 0.15) is 5.82 Å². The average Bonchev–Trinajstić information content (AvgIpc) is 2.94. The van der Waals surface area contributed by atoms with Gasteiger partial charge in [-0.1, -0.05) is 6.07 Å². The Hall–Kier alpha value is -3.06. The number of aromatic nitrogens is 1. The van der Waals surface area contributed by atoms with Crippen molar-refractivity contribution in [2.45, 2.75) is 13.8 Å². The van der Waals surface area contributed by atoms with Crippen molar-refractivity contribution in [3.05, 3.63) is 76.9 Å². The molecule has 0 fully saturated rings. The third-order valence-corrected chi connectivity index (χ3v) is 4.39. The van der Waals surface area contributed by atoms with Gasteiger partial charge in [0.2, 0.25) is 5.78 Å². The highest BCUT2D eigenvalue weighted by Crippen LogP contribution is 2.24. The zero-order valence-corrected chi connectivity index (χ0v) is 15.8. The average molecular weight is 382 g/mol. The fraction of sp³-hybridized carbons (Fsp3) is 0.150. The number of thiocarbonyl (C=S) groups is 1. The molecule has 2 N–H and O–H groups in total. The molecule has 138 valence electrons. The quantitative estimate of drug-likeness (QED) is 0.307. The van der Waals surface area contributed by atoms with Crippen LogP contribution in [0.2, 0.25) is 0 Å². The second kappa shape index (κ2) is 8.09. The van der Waals surface area contributed by atoms with Crippen molar-refractivity contribution in [1.29, 1.82) is 0 Å². The number of hydrogen-bond acceptors (Lipinski definition) is 3. The van der Waals surface area contributed by atoms with Crippen molar-refractivity contribution in [3.63, 3.8) is 0 Å². The van der Waals surface area contributed by atoms with E-state index in [0.29, 0.717) is 22.9 Å². The Bertz CT molecular complexity index is 1020. The van der Waals surface area contributed by atoms with Crippen LogP contribution in [0.4, 0.5) is 4.39 Å². The van der Waals surface area contributed by atoms with Crippen molar-refractivity contribution in [3.8, 4) is 0 Å². The summed E-state index contributed by atoms with van der Waals surface area (Å²) in [6, 6.07) is 11.2. The van der Waals surface area contributed by atoms with Gasteiger partial charge in [0.05, 0.1) is 17.4 Å². The van der Waals surface area contributed by atoms with Gasteiger partial charge in [0.25, 0.3) is 0 Å². The maximum atomic E-state index is 13.2. The van der Waals surface area contributed by atoms with Gasteiger partial charge < -0.3 is 9.72 Å². The van der Waals surface area contributed by atoms with Crippen molar-refractivity contribution < 1.29 is 9.18 Å². The number of rotatable bonds is 5. The predicted octanol–water partition coefficient (Wildman–Crippen LogP) is 3.44. The zero-order valence-electron chi connectivity index (χ0n) is 15.0. The summed E-state index contributed by atoms with van der Waals surface area (Å²) in [5.74, 6) is -0.552. The number of hydrazone groups is 1. The maximum absolute atomic E-state index is 13.2. The molecule has 3 aromatic rings. The minimum Gasteiger partial charge on any atom is -0.362 e. The highest BCUT2D eigenvalue weighted by molar-refractivity contribution is 7.80. The van der Waals surface area contributed by atoms with E-state index in [4.69, 9.17) is 12.2 Å². The molecule has 27 heavy (non-hydrogen) atoms. The first-order chi connectivity index (χ1) is 13.0. The highest BCUT2D eigenvalue weighted by atomic mass is 32.1. The van der Waals surface area contributed by atoms with Crippen molar-refractivity contribution >= 4 is 34.8 Å². The molecule has 2 aromatic heterocycles. The van der Waals surface area contributed by atoms with Gasteiger partial charge in [-0.15, -0.1) is 0 Å². The van der Waals surface area contributed by atoms with E-state index in [1.807, 2.05) is 42.6 Å². The summed E-state index contributed by atoms with van der Waals surface area (Å²) >= 11 is 5.09. The molecule has 5 nitrogen and oxygen atoms in total. The van der Waals surface area contributed by atoms with Crippen LogP contribution in [0, 0.1) is 12.7 Å². The lowest BCUT2D eigenvalue weighted by molar-refractivity contribution is 0.103. The Labute approximate surface area is 161 Å². The lowest BCUT2D eigenvalue weighted by atomic mass is 10.0. The van der Waals surface area contributed by atoms with Crippen LogP contribution in [0.15, 0.2) is 53.8 Å². The fourth-order valence-electron chi connectivity index (χ4n) is 2.89. The SMILES string of the molecule is CCNC(=S)N/N=C/c1c(C)c(C(=O)c2ccc(F)cc2)n2ccccc12. The Morgan fingerprint density at radius 1 is 1.26 bits per heavy atom. The first kappa shape index (κ1) is 18.7. The van der Waals surface area contributed by atoms with Gasteiger partial charge in [-0.2, -0.15) is 5.10 Å². The summed E-state index contributed by atoms with van der Waals surface area (Å²) in [5, 5.41) is 7.55. The fourth-order valence-corrected chi connectivity index (χ4v) is 3.09. The number of ketones is 1. The van der Waals surface area contributed by atoms with Crippen LogP contribution in [0.5, 0.6) is 0 Å². The molecule has 0 unspecified atom stereocenters. The van der Waals surface area contributed by atoms with Gasteiger partial charge in [-0.25, -0.2) is 4.39 Å². The van der Waals surface area contributed by atoms with Crippen LogP contribution in [-0.4, -0.2) is 28.1 Å². The van der Waals surface area contributed by atoms with Gasteiger partial charge >= 0.3 is 0 Å². The van der Waals surface area contributed by atoms with Crippen LogP contribution < -0.4 is 10.7 Å². The Morgan fingerprint density at radius 2 is 2.00 bits per heavy atom. The second-order valence-corrected chi connectivity index (χ2v) is 6.32. The van der Waals surface area contributed by atoms with E-state index in [1.54, 1.807) is 6.21 Å². The smallest absolute Gasteiger partial charge is 0.210 e. The van der Waals surface area contributed by atoms with Gasteiger partial charge in [-0.05, 0) is 68.0 Å². The summed E-state index contributed by atoms with van der Waals surface area (Å²) in [7, 11) is 0. The molecular formula is C20H19FN4OS. The molecule has 0 saturated carbocycles. The van der Waals surface area contributed by atoms with Crippen LogP contribution in [0.25, 0.3) is 5.52 Å². The Kier molecular flexibility index (Phi) is 5.61. The highest BCUT2D eigenvalue weighted by Gasteiger charge is 2.20. The minimum absolute atomic E-state index is 0.176. The van der Waals surface area contributed by atoms with Gasteiger partial charge in [0, 0.05) is 23.9 Å². The van der Waals surface area contributed by atoms with E-state index in [1.165, 1.54) is 24.3 Å². The summed E-state index contributed by atoms with van der Waals surface area (Å²) in [6.07, 6.45) is 3.48. The Morgan fingerprint density at radius 3 is 2.70 bits per heavy atom. The first-order valence-corrected chi connectivity index (χ1v) is 8.90. The van der Waals surface area contributed by atoms with Crippen molar-refractivity contribution in [2.24, 2.45) is 5.10 Å². The van der Waals surface area contributed by atoms with Crippen LogP contribution in [-0.2, 0) is 0 Å².